The van der Waals surface area contributed by atoms with E-state index in [1.165, 1.54) is 0 Å². The number of hydrogen-bond donors (Lipinski definition) is 1. The highest BCUT2D eigenvalue weighted by atomic mass is 127. The Hall–Kier alpha value is -1.66. The van der Waals surface area contributed by atoms with Crippen LogP contribution in [0.25, 0.3) is 0 Å². The summed E-state index contributed by atoms with van der Waals surface area (Å²) in [6.45, 7) is 10.7. The van der Waals surface area contributed by atoms with Gasteiger partial charge >= 0.3 is 0 Å². The molecule has 1 saturated heterocycles. The molecule has 1 aliphatic rings. The molecule has 1 aromatic heterocycles. The van der Waals surface area contributed by atoms with Crippen molar-refractivity contribution in [3.05, 3.63) is 47.9 Å². The number of hydrogen-bond acceptors (Lipinski definition) is 6. The molecule has 2 heterocycles. The molecule has 1 aliphatic heterocycles. The van der Waals surface area contributed by atoms with E-state index in [0.29, 0.717) is 17.9 Å². The predicted molar refractivity (Wildman–Crippen MR) is 137 cm³/mol. The maximum Gasteiger partial charge on any atom is 0.194 e. The third-order valence-electron chi connectivity index (χ3n) is 5.39. The number of nitrogens with zero attached hydrogens (tertiary/aromatic N) is 4. The summed E-state index contributed by atoms with van der Waals surface area (Å²) in [6.07, 6.45) is 0.695. The molecule has 2 aromatic rings. The summed E-state index contributed by atoms with van der Waals surface area (Å²) < 4.78 is 30.8. The standard InChI is InChI=1S/C22H33N5O3S.HI/c1-4-19(17-31(28,29)21-9-7-6-8-10-21)24-22(23-5-2)27-13-11-26(12-14-27)16-20-15-18(3)30-25-20;/h6-10,15,19H,4-5,11-14,16-17H2,1-3H3,(H,23,24);1H. The van der Waals surface area contributed by atoms with Crippen LogP contribution < -0.4 is 5.32 Å². The first kappa shape index (κ1) is 26.6. The van der Waals surface area contributed by atoms with Crippen LogP contribution in [0.5, 0.6) is 0 Å². The number of aromatic nitrogens is 1. The van der Waals surface area contributed by atoms with Gasteiger partial charge in [-0.25, -0.2) is 8.42 Å². The van der Waals surface area contributed by atoms with E-state index in [9.17, 15) is 8.42 Å². The van der Waals surface area contributed by atoms with Crippen LogP contribution in [-0.2, 0) is 16.4 Å². The van der Waals surface area contributed by atoms with Crippen LogP contribution in [0.1, 0.15) is 31.7 Å². The number of piperazine rings is 1. The quantitative estimate of drug-likeness (QED) is 0.294. The lowest BCUT2D eigenvalue weighted by Gasteiger charge is -2.37. The number of aliphatic imine (C=N–C) groups is 1. The van der Waals surface area contributed by atoms with Gasteiger partial charge < -0.3 is 14.7 Å². The zero-order valence-corrected chi connectivity index (χ0v) is 22.2. The van der Waals surface area contributed by atoms with E-state index in [1.807, 2.05) is 32.9 Å². The van der Waals surface area contributed by atoms with Crippen molar-refractivity contribution < 1.29 is 12.9 Å². The molecule has 0 radical (unpaired) electrons. The number of guanidine groups is 1. The number of sulfone groups is 1. The predicted octanol–water partition coefficient (Wildman–Crippen LogP) is 2.94. The van der Waals surface area contributed by atoms with Gasteiger partial charge in [0, 0.05) is 51.4 Å². The Labute approximate surface area is 208 Å². The normalized spacial score (nSPS) is 16.5. The van der Waals surface area contributed by atoms with Crippen LogP contribution in [-0.4, -0.2) is 73.9 Å². The van der Waals surface area contributed by atoms with Gasteiger partial charge in [0.1, 0.15) is 5.76 Å². The van der Waals surface area contributed by atoms with Gasteiger partial charge in [0.25, 0.3) is 0 Å². The molecule has 0 saturated carbocycles. The molecule has 1 aromatic carbocycles. The molecule has 0 amide bonds. The Morgan fingerprint density at radius 3 is 2.44 bits per heavy atom. The number of benzene rings is 1. The summed E-state index contributed by atoms with van der Waals surface area (Å²) in [7, 11) is -3.36. The second-order valence-corrected chi connectivity index (χ2v) is 9.87. The Bertz CT molecular complexity index is 957. The maximum absolute atomic E-state index is 12.8. The molecule has 1 unspecified atom stereocenters. The van der Waals surface area contributed by atoms with Crippen LogP contribution in [0.15, 0.2) is 50.8 Å². The summed E-state index contributed by atoms with van der Waals surface area (Å²) in [6, 6.07) is 10.4. The van der Waals surface area contributed by atoms with Crippen molar-refractivity contribution in [3.63, 3.8) is 0 Å². The SMILES string of the molecule is CCN=C(NC(CC)CS(=O)(=O)c1ccccc1)N1CCN(Cc2cc(C)on2)CC1.I. The highest BCUT2D eigenvalue weighted by Gasteiger charge is 2.25. The molecule has 0 bridgehead atoms. The number of halogens is 1. The summed E-state index contributed by atoms with van der Waals surface area (Å²) >= 11 is 0. The van der Waals surface area contributed by atoms with Crippen molar-refractivity contribution in [2.24, 2.45) is 4.99 Å². The topological polar surface area (TPSA) is 91.0 Å². The van der Waals surface area contributed by atoms with Crippen LogP contribution in [0.4, 0.5) is 0 Å². The molecule has 178 valence electrons. The van der Waals surface area contributed by atoms with Crippen LogP contribution >= 0.6 is 24.0 Å². The first-order valence-corrected chi connectivity index (χ1v) is 12.5. The summed E-state index contributed by atoms with van der Waals surface area (Å²) in [4.78, 5) is 9.56. The van der Waals surface area contributed by atoms with E-state index in [-0.39, 0.29) is 35.8 Å². The van der Waals surface area contributed by atoms with Crippen molar-refractivity contribution in [1.29, 1.82) is 0 Å². The first-order valence-electron chi connectivity index (χ1n) is 10.9. The highest BCUT2D eigenvalue weighted by Crippen LogP contribution is 2.14. The summed E-state index contributed by atoms with van der Waals surface area (Å²) in [5.41, 5.74) is 0.948. The Kier molecular flexibility index (Phi) is 10.4. The molecule has 0 spiro atoms. The summed E-state index contributed by atoms with van der Waals surface area (Å²) in [5.74, 6) is 1.66. The molecule has 0 aliphatic carbocycles. The lowest BCUT2D eigenvalue weighted by Crippen LogP contribution is -2.54. The van der Waals surface area contributed by atoms with Crippen LogP contribution in [0.3, 0.4) is 0 Å². The number of nitrogens with one attached hydrogen (secondary N) is 1. The zero-order chi connectivity index (χ0) is 22.3. The van der Waals surface area contributed by atoms with Crippen molar-refractivity contribution in [2.75, 3.05) is 38.5 Å². The third-order valence-corrected chi connectivity index (χ3v) is 7.22. The van der Waals surface area contributed by atoms with E-state index < -0.39 is 9.84 Å². The summed E-state index contributed by atoms with van der Waals surface area (Å²) in [5, 5.41) is 7.50. The fourth-order valence-corrected chi connectivity index (χ4v) is 5.27. The van der Waals surface area contributed by atoms with Crippen molar-refractivity contribution in [2.45, 2.75) is 44.7 Å². The second kappa shape index (κ2) is 12.5. The molecule has 1 atom stereocenters. The minimum absolute atomic E-state index is 0. The monoisotopic (exact) mass is 575 g/mol. The van der Waals surface area contributed by atoms with Crippen molar-refractivity contribution in [1.82, 2.24) is 20.3 Å². The van der Waals surface area contributed by atoms with E-state index in [0.717, 1.165) is 50.1 Å². The maximum atomic E-state index is 12.8. The molecule has 3 rings (SSSR count). The van der Waals surface area contributed by atoms with E-state index >= 15 is 0 Å². The van der Waals surface area contributed by atoms with E-state index in [2.05, 4.69) is 25.3 Å². The van der Waals surface area contributed by atoms with E-state index in [1.54, 1.807) is 24.3 Å². The Balaban J connectivity index is 0.00000363. The van der Waals surface area contributed by atoms with Gasteiger partial charge in [-0.1, -0.05) is 30.3 Å². The van der Waals surface area contributed by atoms with E-state index in [4.69, 9.17) is 4.52 Å². The van der Waals surface area contributed by atoms with Crippen LogP contribution in [0.2, 0.25) is 0 Å². The largest absolute Gasteiger partial charge is 0.361 e. The first-order chi connectivity index (χ1) is 14.9. The van der Waals surface area contributed by atoms with Gasteiger partial charge in [0.2, 0.25) is 0 Å². The second-order valence-electron chi connectivity index (χ2n) is 7.83. The average Bonchev–Trinajstić information content (AvgIpc) is 3.18. The Morgan fingerprint density at radius 2 is 1.88 bits per heavy atom. The van der Waals surface area contributed by atoms with Gasteiger partial charge in [-0.15, -0.1) is 24.0 Å². The molecule has 1 fully saturated rings. The Morgan fingerprint density at radius 1 is 1.19 bits per heavy atom. The smallest absolute Gasteiger partial charge is 0.194 e. The zero-order valence-electron chi connectivity index (χ0n) is 19.0. The lowest BCUT2D eigenvalue weighted by atomic mass is 10.2. The number of rotatable bonds is 8. The van der Waals surface area contributed by atoms with Gasteiger partial charge in [-0.3, -0.25) is 9.89 Å². The van der Waals surface area contributed by atoms with Gasteiger partial charge in [0.15, 0.2) is 15.8 Å². The molecular weight excluding hydrogens is 541 g/mol. The van der Waals surface area contributed by atoms with Gasteiger partial charge in [-0.05, 0) is 32.4 Å². The average molecular weight is 576 g/mol. The van der Waals surface area contributed by atoms with Gasteiger partial charge in [-0.2, -0.15) is 0 Å². The lowest BCUT2D eigenvalue weighted by molar-refractivity contribution is 0.168. The van der Waals surface area contributed by atoms with Crippen molar-refractivity contribution in [3.8, 4) is 0 Å². The van der Waals surface area contributed by atoms with Gasteiger partial charge in [0.05, 0.1) is 16.3 Å². The minimum Gasteiger partial charge on any atom is -0.361 e. The molecule has 10 heteroatoms. The molecule has 1 N–H and O–H groups in total. The molecule has 8 nitrogen and oxygen atoms in total. The fraction of sp³-hybridized carbons (Fsp3) is 0.545. The van der Waals surface area contributed by atoms with Crippen LogP contribution in [0, 0.1) is 6.92 Å². The molecular formula is C22H34IN5O3S. The number of aryl methyl sites for hydroxylation is 1. The third kappa shape index (κ3) is 7.45. The minimum atomic E-state index is -3.36. The fourth-order valence-electron chi connectivity index (χ4n) is 3.66. The highest BCUT2D eigenvalue weighted by molar-refractivity contribution is 14.0. The van der Waals surface area contributed by atoms with Crippen molar-refractivity contribution >= 4 is 39.8 Å². The molecule has 32 heavy (non-hydrogen) atoms.